The van der Waals surface area contributed by atoms with Gasteiger partial charge in [-0.1, -0.05) is 24.2 Å². The average molecular weight is 380 g/mol. The van der Waals surface area contributed by atoms with Crippen LogP contribution in [0.4, 0.5) is 9.93 Å². The van der Waals surface area contributed by atoms with Crippen molar-refractivity contribution in [2.75, 3.05) is 18.5 Å². The van der Waals surface area contributed by atoms with E-state index in [1.54, 1.807) is 13.8 Å². The molecule has 1 spiro atoms. The van der Waals surface area contributed by atoms with Gasteiger partial charge in [-0.3, -0.25) is 14.5 Å². The zero-order valence-corrected chi connectivity index (χ0v) is 15.4. The number of nitrogens with one attached hydrogen (secondary N) is 2. The minimum atomic E-state index is -0.841. The fraction of sp³-hybridized carbons (Fsp3) is 0.562. The van der Waals surface area contributed by atoms with Gasteiger partial charge >= 0.3 is 12.0 Å². The third-order valence-electron chi connectivity index (χ3n) is 4.51. The van der Waals surface area contributed by atoms with Gasteiger partial charge in [0.05, 0.1) is 12.3 Å². The molecule has 1 saturated heterocycles. The van der Waals surface area contributed by atoms with Crippen molar-refractivity contribution in [1.29, 1.82) is 0 Å². The number of imide groups is 1. The van der Waals surface area contributed by atoms with Crippen molar-refractivity contribution in [3.63, 3.8) is 0 Å². The fourth-order valence-electron chi connectivity index (χ4n) is 3.28. The second-order valence-electron chi connectivity index (χ2n) is 6.31. The summed E-state index contributed by atoms with van der Waals surface area (Å²) in [5, 5.41) is 5.48. The van der Waals surface area contributed by atoms with Crippen LogP contribution >= 0.6 is 11.3 Å². The summed E-state index contributed by atoms with van der Waals surface area (Å²) in [5.41, 5.74) is -0.393. The molecule has 0 radical (unpaired) electrons. The Bertz CT molecular complexity index is 769. The number of anilines is 1. The molecule has 2 aliphatic rings. The van der Waals surface area contributed by atoms with Crippen molar-refractivity contribution in [1.82, 2.24) is 15.2 Å². The lowest BCUT2D eigenvalue weighted by atomic mass is 9.98. The normalized spacial score (nSPS) is 18.3. The van der Waals surface area contributed by atoms with Crippen molar-refractivity contribution < 1.29 is 23.9 Å². The van der Waals surface area contributed by atoms with Crippen molar-refractivity contribution in [3.8, 4) is 0 Å². The lowest BCUT2D eigenvalue weighted by Crippen LogP contribution is -2.44. The first-order valence-corrected chi connectivity index (χ1v) is 9.26. The molecule has 140 valence electrons. The molecule has 0 unspecified atom stereocenters. The highest BCUT2D eigenvalue weighted by Gasteiger charge is 2.52. The largest absolute Gasteiger partial charge is 0.462 e. The average Bonchev–Trinajstić information content (AvgIpc) is 3.24. The lowest BCUT2D eigenvalue weighted by Gasteiger charge is -2.19. The number of carbonyl (C=O) groups is 4. The Morgan fingerprint density at radius 3 is 2.69 bits per heavy atom. The van der Waals surface area contributed by atoms with Gasteiger partial charge in [-0.05, 0) is 26.7 Å². The van der Waals surface area contributed by atoms with E-state index < -0.39 is 23.4 Å². The molecule has 26 heavy (non-hydrogen) atoms. The summed E-state index contributed by atoms with van der Waals surface area (Å²) in [6.07, 6.45) is 2.96. The molecule has 1 aliphatic carbocycles. The predicted molar refractivity (Wildman–Crippen MR) is 92.9 cm³/mol. The van der Waals surface area contributed by atoms with Gasteiger partial charge in [-0.25, -0.2) is 14.6 Å². The Labute approximate surface area is 154 Å². The van der Waals surface area contributed by atoms with E-state index in [2.05, 4.69) is 15.6 Å². The number of hydrogen-bond acceptors (Lipinski definition) is 7. The summed E-state index contributed by atoms with van der Waals surface area (Å²) in [6.45, 7) is 3.19. The number of carbonyl (C=O) groups excluding carboxylic acids is 4. The van der Waals surface area contributed by atoms with E-state index in [9.17, 15) is 19.2 Å². The van der Waals surface area contributed by atoms with Gasteiger partial charge < -0.3 is 15.4 Å². The van der Waals surface area contributed by atoms with Crippen LogP contribution in [0.5, 0.6) is 0 Å². The Hall–Kier alpha value is -2.49. The molecule has 2 heterocycles. The standard InChI is InChI=1S/C16H20N4O5S/c1-3-25-12(22)11-9(2)17-14(26-11)18-10(21)8-20-13(23)16(19-15(20)24)6-4-5-7-16/h3-8H2,1-2H3,(H,19,24)(H,17,18,21). The zero-order chi connectivity index (χ0) is 18.9. The highest BCUT2D eigenvalue weighted by molar-refractivity contribution is 7.17. The second kappa shape index (κ2) is 7.02. The van der Waals surface area contributed by atoms with E-state index in [0.29, 0.717) is 23.4 Å². The van der Waals surface area contributed by atoms with Gasteiger partial charge in [0.1, 0.15) is 17.0 Å². The van der Waals surface area contributed by atoms with Crippen molar-refractivity contribution in [2.45, 2.75) is 45.1 Å². The Morgan fingerprint density at radius 2 is 2.04 bits per heavy atom. The molecule has 1 saturated carbocycles. The van der Waals surface area contributed by atoms with E-state index in [0.717, 1.165) is 29.1 Å². The number of esters is 1. The van der Waals surface area contributed by atoms with E-state index in [1.165, 1.54) is 0 Å². The third-order valence-corrected chi connectivity index (χ3v) is 5.56. The van der Waals surface area contributed by atoms with Gasteiger partial charge in [0.2, 0.25) is 5.91 Å². The van der Waals surface area contributed by atoms with Crippen LogP contribution in [0, 0.1) is 6.92 Å². The second-order valence-corrected chi connectivity index (χ2v) is 7.31. The van der Waals surface area contributed by atoms with Crippen LogP contribution in [0.3, 0.4) is 0 Å². The molecule has 1 aliphatic heterocycles. The Morgan fingerprint density at radius 1 is 1.35 bits per heavy atom. The van der Waals surface area contributed by atoms with E-state index in [-0.39, 0.29) is 24.2 Å². The van der Waals surface area contributed by atoms with Gasteiger partial charge in [0.15, 0.2) is 5.13 Å². The molecule has 2 N–H and O–H groups in total. The third kappa shape index (κ3) is 3.28. The number of nitrogens with zero attached hydrogens (tertiary/aromatic N) is 2. The van der Waals surface area contributed by atoms with Gasteiger partial charge in [0, 0.05) is 0 Å². The number of aromatic nitrogens is 1. The quantitative estimate of drug-likeness (QED) is 0.589. The van der Waals surface area contributed by atoms with Crippen molar-refractivity contribution in [2.24, 2.45) is 0 Å². The number of ether oxygens (including phenoxy) is 1. The SMILES string of the molecule is CCOC(=O)c1sc(NC(=O)CN2C(=O)NC3(CCCC3)C2=O)nc1C. The van der Waals surface area contributed by atoms with E-state index in [4.69, 9.17) is 4.74 Å². The molecule has 9 nitrogen and oxygen atoms in total. The topological polar surface area (TPSA) is 118 Å². The minimum Gasteiger partial charge on any atom is -0.462 e. The molecule has 0 aromatic carbocycles. The number of rotatable bonds is 5. The summed E-state index contributed by atoms with van der Waals surface area (Å²) in [5.74, 6) is -1.40. The van der Waals surface area contributed by atoms with Crippen molar-refractivity contribution >= 4 is 40.3 Å². The van der Waals surface area contributed by atoms with Crippen LogP contribution in [0.15, 0.2) is 0 Å². The molecule has 2 fully saturated rings. The lowest BCUT2D eigenvalue weighted by molar-refractivity contribution is -0.133. The minimum absolute atomic E-state index is 0.221. The molecule has 10 heteroatoms. The van der Waals surface area contributed by atoms with Crippen LogP contribution in [-0.2, 0) is 14.3 Å². The Kier molecular flexibility index (Phi) is 4.94. The molecule has 1 aromatic heterocycles. The summed E-state index contributed by atoms with van der Waals surface area (Å²) < 4.78 is 4.93. The maximum atomic E-state index is 12.5. The van der Waals surface area contributed by atoms with Crippen molar-refractivity contribution in [3.05, 3.63) is 10.6 Å². The molecule has 0 atom stereocenters. The van der Waals surface area contributed by atoms with E-state index >= 15 is 0 Å². The van der Waals surface area contributed by atoms with Crippen LogP contribution < -0.4 is 10.6 Å². The maximum Gasteiger partial charge on any atom is 0.350 e. The smallest absolute Gasteiger partial charge is 0.350 e. The Balaban J connectivity index is 1.64. The zero-order valence-electron chi connectivity index (χ0n) is 14.6. The first-order chi connectivity index (χ1) is 12.4. The maximum absolute atomic E-state index is 12.5. The van der Waals surface area contributed by atoms with Crippen LogP contribution in [0.25, 0.3) is 0 Å². The van der Waals surface area contributed by atoms with Gasteiger partial charge in [0.25, 0.3) is 5.91 Å². The first kappa shape index (κ1) is 18.3. The first-order valence-electron chi connectivity index (χ1n) is 8.45. The number of aryl methyl sites for hydroxylation is 1. The molecular weight excluding hydrogens is 360 g/mol. The molecule has 0 bridgehead atoms. The number of urea groups is 1. The fourth-order valence-corrected chi connectivity index (χ4v) is 4.15. The summed E-state index contributed by atoms with van der Waals surface area (Å²) >= 11 is 0.993. The highest BCUT2D eigenvalue weighted by Crippen LogP contribution is 2.35. The van der Waals surface area contributed by atoms with Gasteiger partial charge in [-0.2, -0.15) is 0 Å². The number of thiazole rings is 1. The molecule has 1 aromatic rings. The summed E-state index contributed by atoms with van der Waals surface area (Å²) in [6, 6.07) is -0.547. The molecular formula is C16H20N4O5S. The number of hydrogen-bond donors (Lipinski definition) is 2. The monoisotopic (exact) mass is 380 g/mol. The molecule has 3 rings (SSSR count). The van der Waals surface area contributed by atoms with Crippen LogP contribution in [-0.4, -0.2) is 52.4 Å². The summed E-state index contributed by atoms with van der Waals surface area (Å²) in [4.78, 5) is 54.0. The van der Waals surface area contributed by atoms with Gasteiger partial charge in [-0.15, -0.1) is 0 Å². The van der Waals surface area contributed by atoms with E-state index in [1.807, 2.05) is 0 Å². The molecule has 4 amide bonds. The number of amides is 4. The summed E-state index contributed by atoms with van der Waals surface area (Å²) in [7, 11) is 0. The predicted octanol–water partition coefficient (Wildman–Crippen LogP) is 1.43. The van der Waals surface area contributed by atoms with Crippen LogP contribution in [0.1, 0.15) is 48.0 Å². The van der Waals surface area contributed by atoms with Crippen LogP contribution in [0.2, 0.25) is 0 Å². The highest BCUT2D eigenvalue weighted by atomic mass is 32.1.